The second-order valence-electron chi connectivity index (χ2n) is 8.12. The first-order chi connectivity index (χ1) is 16.6. The number of likely N-dealkylation sites (tertiary alicyclic amines) is 1. The van der Waals surface area contributed by atoms with Gasteiger partial charge in [0.2, 0.25) is 0 Å². The number of fused-ring (bicyclic) bond motifs is 1. The topological polar surface area (TPSA) is 102 Å². The number of aromatic amines is 1. The Morgan fingerprint density at radius 2 is 2.00 bits per heavy atom. The van der Waals surface area contributed by atoms with Gasteiger partial charge in [0, 0.05) is 31.4 Å². The van der Waals surface area contributed by atoms with Crippen LogP contribution >= 0.6 is 11.8 Å². The fraction of sp³-hybridized carbons (Fsp3) is 0.333. The molecular formula is C24H25N5O4S. The van der Waals surface area contributed by atoms with Gasteiger partial charge in [-0.1, -0.05) is 30.0 Å². The first-order valence-corrected chi connectivity index (χ1v) is 12.2. The van der Waals surface area contributed by atoms with Gasteiger partial charge in [-0.3, -0.25) is 14.2 Å². The molecule has 0 aliphatic carbocycles. The SMILES string of the molecule is C=CCn1c(SCC(=O)c2c[nH]c(C(=O)N3CCCC3)c2)nnc1[C@@H]1COc2ccccc2O1. The number of hydrogen-bond donors (Lipinski definition) is 1. The number of carbonyl (C=O) groups excluding carboxylic acids is 2. The number of Topliss-reactive ketones (excluding diaryl/α,β-unsaturated/α-hetero) is 1. The second-order valence-corrected chi connectivity index (χ2v) is 9.06. The third-order valence-corrected chi connectivity index (χ3v) is 6.78. The van der Waals surface area contributed by atoms with Crippen molar-refractivity contribution in [2.75, 3.05) is 25.4 Å². The summed E-state index contributed by atoms with van der Waals surface area (Å²) in [5.41, 5.74) is 0.924. The van der Waals surface area contributed by atoms with Gasteiger partial charge in [-0.2, -0.15) is 0 Å². The number of nitrogens with zero attached hydrogens (tertiary/aromatic N) is 4. The minimum atomic E-state index is -0.420. The number of para-hydroxylation sites is 2. The average molecular weight is 480 g/mol. The molecule has 1 N–H and O–H groups in total. The van der Waals surface area contributed by atoms with Crippen LogP contribution in [0.1, 0.15) is 45.6 Å². The van der Waals surface area contributed by atoms with Crippen LogP contribution in [0.2, 0.25) is 0 Å². The Morgan fingerprint density at radius 1 is 1.21 bits per heavy atom. The van der Waals surface area contributed by atoms with E-state index in [1.807, 2.05) is 33.7 Å². The number of rotatable bonds is 8. The highest BCUT2D eigenvalue weighted by Crippen LogP contribution is 2.36. The maximum Gasteiger partial charge on any atom is 0.270 e. The van der Waals surface area contributed by atoms with Crippen LogP contribution in [0.5, 0.6) is 11.5 Å². The molecule has 1 saturated heterocycles. The van der Waals surface area contributed by atoms with Crippen LogP contribution in [0.25, 0.3) is 0 Å². The molecule has 9 nitrogen and oxygen atoms in total. The predicted molar refractivity (Wildman–Crippen MR) is 127 cm³/mol. The maximum absolute atomic E-state index is 12.8. The van der Waals surface area contributed by atoms with Crippen molar-refractivity contribution in [2.24, 2.45) is 0 Å². The van der Waals surface area contributed by atoms with E-state index < -0.39 is 6.10 Å². The third-order valence-electron chi connectivity index (χ3n) is 5.81. The summed E-state index contributed by atoms with van der Waals surface area (Å²) in [5, 5.41) is 9.21. The van der Waals surface area contributed by atoms with Crippen LogP contribution in [0.4, 0.5) is 0 Å². The fourth-order valence-electron chi connectivity index (χ4n) is 4.08. The molecule has 0 saturated carbocycles. The summed E-state index contributed by atoms with van der Waals surface area (Å²) < 4.78 is 13.8. The number of amides is 1. The fourth-order valence-corrected chi connectivity index (χ4v) is 4.92. The maximum atomic E-state index is 12.8. The van der Waals surface area contributed by atoms with Gasteiger partial charge >= 0.3 is 0 Å². The molecule has 4 heterocycles. The van der Waals surface area contributed by atoms with Crippen molar-refractivity contribution in [2.45, 2.75) is 30.6 Å². The normalized spacial score (nSPS) is 17.1. The van der Waals surface area contributed by atoms with Gasteiger partial charge in [0.15, 0.2) is 34.4 Å². The number of thioether (sulfide) groups is 1. The summed E-state index contributed by atoms with van der Waals surface area (Å²) in [7, 11) is 0. The Labute approximate surface area is 201 Å². The third kappa shape index (κ3) is 4.45. The van der Waals surface area contributed by atoms with Crippen LogP contribution in [-0.2, 0) is 6.54 Å². The number of H-pyrrole nitrogens is 1. The summed E-state index contributed by atoms with van der Waals surface area (Å²) in [5.74, 6) is 1.98. The average Bonchev–Trinajstić information content (AvgIpc) is 3.64. The van der Waals surface area contributed by atoms with E-state index in [1.165, 1.54) is 11.8 Å². The Kier molecular flexibility index (Phi) is 6.39. The lowest BCUT2D eigenvalue weighted by Crippen LogP contribution is -2.27. The Balaban J connectivity index is 1.26. The number of ketones is 1. The lowest BCUT2D eigenvalue weighted by atomic mass is 10.2. The number of carbonyl (C=O) groups is 2. The standard InChI is InChI=1S/C24H25N5O4S/c1-2-9-29-22(21-14-32-19-7-3-4-8-20(19)33-21)26-27-24(29)34-15-18(30)16-12-17(25-13-16)23(31)28-10-5-6-11-28/h2-4,7-8,12-13,21,25H,1,5-6,9-11,14-15H2/t21-/m0/s1. The summed E-state index contributed by atoms with van der Waals surface area (Å²) >= 11 is 1.29. The highest BCUT2D eigenvalue weighted by Gasteiger charge is 2.28. The van der Waals surface area contributed by atoms with Gasteiger partial charge in [-0.05, 0) is 31.0 Å². The van der Waals surface area contributed by atoms with E-state index in [9.17, 15) is 9.59 Å². The van der Waals surface area contributed by atoms with E-state index in [4.69, 9.17) is 9.47 Å². The molecule has 0 radical (unpaired) electrons. The highest BCUT2D eigenvalue weighted by atomic mass is 32.2. The molecule has 2 aliphatic heterocycles. The van der Waals surface area contributed by atoms with Gasteiger partial charge in [0.25, 0.3) is 5.91 Å². The highest BCUT2D eigenvalue weighted by molar-refractivity contribution is 7.99. The predicted octanol–water partition coefficient (Wildman–Crippen LogP) is 3.52. The van der Waals surface area contributed by atoms with E-state index in [1.54, 1.807) is 18.3 Å². The largest absolute Gasteiger partial charge is 0.485 e. The van der Waals surface area contributed by atoms with Gasteiger partial charge in [0.1, 0.15) is 12.3 Å². The summed E-state index contributed by atoms with van der Waals surface area (Å²) in [6.07, 6.45) is 4.96. The zero-order chi connectivity index (χ0) is 23.5. The van der Waals surface area contributed by atoms with Crippen molar-refractivity contribution in [3.05, 3.63) is 66.3 Å². The number of ether oxygens (including phenoxy) is 2. The van der Waals surface area contributed by atoms with E-state index in [0.29, 0.717) is 46.9 Å². The molecule has 10 heteroatoms. The van der Waals surface area contributed by atoms with E-state index in [2.05, 4.69) is 21.8 Å². The number of aromatic nitrogens is 4. The zero-order valence-electron chi connectivity index (χ0n) is 18.6. The number of nitrogens with one attached hydrogen (secondary N) is 1. The van der Waals surface area contributed by atoms with Crippen LogP contribution in [-0.4, -0.2) is 61.8 Å². The van der Waals surface area contributed by atoms with Gasteiger partial charge in [-0.15, -0.1) is 16.8 Å². The van der Waals surface area contributed by atoms with Crippen LogP contribution in [0.3, 0.4) is 0 Å². The Morgan fingerprint density at radius 3 is 2.79 bits per heavy atom. The molecular weight excluding hydrogens is 454 g/mol. The van der Waals surface area contributed by atoms with Crippen molar-refractivity contribution in [1.29, 1.82) is 0 Å². The van der Waals surface area contributed by atoms with Crippen LogP contribution < -0.4 is 9.47 Å². The lowest BCUT2D eigenvalue weighted by molar-refractivity contribution is 0.0787. The molecule has 3 aromatic rings. The molecule has 176 valence electrons. The Hall–Kier alpha value is -3.53. The molecule has 0 unspecified atom stereocenters. The molecule has 5 rings (SSSR count). The molecule has 1 amide bonds. The van der Waals surface area contributed by atoms with E-state index in [-0.39, 0.29) is 17.4 Å². The van der Waals surface area contributed by atoms with Crippen molar-refractivity contribution >= 4 is 23.5 Å². The number of allylic oxidation sites excluding steroid dienone is 1. The van der Waals surface area contributed by atoms with Crippen molar-refractivity contribution in [3.63, 3.8) is 0 Å². The summed E-state index contributed by atoms with van der Waals surface area (Å²) in [6, 6.07) is 9.12. The smallest absolute Gasteiger partial charge is 0.270 e. The molecule has 1 atom stereocenters. The summed E-state index contributed by atoms with van der Waals surface area (Å²) in [4.78, 5) is 30.1. The van der Waals surface area contributed by atoms with Gasteiger partial charge in [0.05, 0.1) is 5.75 Å². The summed E-state index contributed by atoms with van der Waals surface area (Å²) in [6.45, 7) is 6.14. The van der Waals surface area contributed by atoms with E-state index in [0.717, 1.165) is 25.9 Å². The molecule has 2 aromatic heterocycles. The number of hydrogen-bond acceptors (Lipinski definition) is 7. The van der Waals surface area contributed by atoms with Crippen molar-refractivity contribution < 1.29 is 19.1 Å². The minimum Gasteiger partial charge on any atom is -0.485 e. The molecule has 34 heavy (non-hydrogen) atoms. The first kappa shape index (κ1) is 22.3. The van der Waals surface area contributed by atoms with Gasteiger partial charge in [-0.25, -0.2) is 0 Å². The van der Waals surface area contributed by atoms with E-state index >= 15 is 0 Å². The second kappa shape index (κ2) is 9.76. The monoisotopic (exact) mass is 479 g/mol. The molecule has 0 spiro atoms. The quantitative estimate of drug-likeness (QED) is 0.300. The zero-order valence-corrected chi connectivity index (χ0v) is 19.4. The van der Waals surface area contributed by atoms with Crippen molar-refractivity contribution in [1.82, 2.24) is 24.6 Å². The van der Waals surface area contributed by atoms with Crippen LogP contribution in [0, 0.1) is 0 Å². The number of benzene rings is 1. The van der Waals surface area contributed by atoms with Gasteiger partial charge < -0.3 is 19.4 Å². The molecule has 1 aromatic carbocycles. The molecule has 2 aliphatic rings. The van der Waals surface area contributed by atoms with Crippen molar-refractivity contribution in [3.8, 4) is 11.5 Å². The minimum absolute atomic E-state index is 0.0594. The lowest BCUT2D eigenvalue weighted by Gasteiger charge is -2.26. The molecule has 0 bridgehead atoms. The molecule has 1 fully saturated rings. The Bertz CT molecular complexity index is 1210. The van der Waals surface area contributed by atoms with Crippen LogP contribution in [0.15, 0.2) is 54.3 Å². The first-order valence-electron chi connectivity index (χ1n) is 11.2.